The monoisotopic (exact) mass is 509 g/mol. The van der Waals surface area contributed by atoms with Gasteiger partial charge in [-0.2, -0.15) is 0 Å². The van der Waals surface area contributed by atoms with E-state index >= 15 is 0 Å². The Hall–Kier alpha value is -1.83. The number of aliphatic hydroxyl groups excluding tert-OH is 1. The van der Waals surface area contributed by atoms with E-state index in [4.69, 9.17) is 0 Å². The highest BCUT2D eigenvalue weighted by Gasteiger charge is 2.69. The Labute approximate surface area is 220 Å². The third-order valence-corrected chi connectivity index (χ3v) is 11.7. The van der Waals surface area contributed by atoms with E-state index in [2.05, 4.69) is 21.7 Å². The maximum atomic E-state index is 13.9. The number of hydrogen-bond acceptors (Lipinski definition) is 7. The maximum Gasteiger partial charge on any atom is 0.178 e. The number of aliphatic hydroxyl groups is 2. The molecule has 1 aliphatic heterocycles. The summed E-state index contributed by atoms with van der Waals surface area (Å²) in [6.45, 7) is 7.70. The largest absolute Gasteiger partial charge is 0.393 e. The SMILES string of the molecule is C[C@]12CCC(O)CC1CC[C@@H]1[C@@H]2C(=O)C[C@@]2(C)[C@H]1CC[C@]2(O)C(=O)CN1CCN(c2ccccn2)CC1. The summed E-state index contributed by atoms with van der Waals surface area (Å²) in [6.07, 6.45) is 7.68. The van der Waals surface area contributed by atoms with Crippen molar-refractivity contribution in [3.63, 3.8) is 0 Å². The molecule has 37 heavy (non-hydrogen) atoms. The fourth-order valence-electron chi connectivity index (χ4n) is 9.52. The minimum Gasteiger partial charge on any atom is -0.393 e. The molecule has 2 heterocycles. The zero-order valence-electron chi connectivity index (χ0n) is 22.4. The molecule has 4 aliphatic carbocycles. The number of anilines is 1. The normalized spacial score (nSPS) is 44.2. The lowest BCUT2D eigenvalue weighted by atomic mass is 9.44. The van der Waals surface area contributed by atoms with Crippen LogP contribution in [0.15, 0.2) is 24.4 Å². The predicted octanol–water partition coefficient (Wildman–Crippen LogP) is 3.09. The minimum absolute atomic E-state index is 0.00829. The molecule has 0 spiro atoms. The van der Waals surface area contributed by atoms with Gasteiger partial charge in [-0.1, -0.05) is 19.9 Å². The van der Waals surface area contributed by atoms with Crippen molar-refractivity contribution in [2.24, 2.45) is 34.5 Å². The van der Waals surface area contributed by atoms with Gasteiger partial charge in [-0.05, 0) is 80.2 Å². The van der Waals surface area contributed by atoms with Gasteiger partial charge in [-0.3, -0.25) is 14.5 Å². The fourth-order valence-corrected chi connectivity index (χ4v) is 9.52. The van der Waals surface area contributed by atoms with E-state index in [0.29, 0.717) is 18.8 Å². The van der Waals surface area contributed by atoms with Crippen molar-refractivity contribution in [2.75, 3.05) is 37.6 Å². The van der Waals surface area contributed by atoms with Gasteiger partial charge in [0.05, 0.1) is 12.6 Å². The van der Waals surface area contributed by atoms with Gasteiger partial charge in [0, 0.05) is 50.1 Å². The Morgan fingerprint density at radius 3 is 2.59 bits per heavy atom. The Balaban J connectivity index is 1.16. The van der Waals surface area contributed by atoms with Gasteiger partial charge >= 0.3 is 0 Å². The second-order valence-corrected chi connectivity index (χ2v) is 13.3. The predicted molar refractivity (Wildman–Crippen MR) is 141 cm³/mol. The smallest absolute Gasteiger partial charge is 0.178 e. The van der Waals surface area contributed by atoms with Crippen LogP contribution >= 0.6 is 0 Å². The van der Waals surface area contributed by atoms with Gasteiger partial charge in [0.15, 0.2) is 5.78 Å². The number of piperazine rings is 1. The lowest BCUT2D eigenvalue weighted by molar-refractivity contribution is -0.179. The van der Waals surface area contributed by atoms with E-state index in [9.17, 15) is 19.8 Å². The van der Waals surface area contributed by atoms with Crippen LogP contribution in [-0.2, 0) is 9.59 Å². The molecule has 0 aromatic carbocycles. The second kappa shape index (κ2) is 9.13. The molecule has 0 bridgehead atoms. The van der Waals surface area contributed by atoms with Crippen molar-refractivity contribution in [1.82, 2.24) is 9.88 Å². The molecule has 7 heteroatoms. The first-order chi connectivity index (χ1) is 17.7. The molecule has 7 nitrogen and oxygen atoms in total. The number of fused-ring (bicyclic) bond motifs is 5. The molecular weight excluding hydrogens is 466 g/mol. The van der Waals surface area contributed by atoms with Crippen LogP contribution in [0.25, 0.3) is 0 Å². The fraction of sp³-hybridized carbons (Fsp3) is 0.767. The van der Waals surface area contributed by atoms with Crippen LogP contribution in [-0.4, -0.2) is 76.1 Å². The first kappa shape index (κ1) is 25.4. The van der Waals surface area contributed by atoms with Crippen LogP contribution in [0, 0.1) is 34.5 Å². The molecule has 1 saturated heterocycles. The summed E-state index contributed by atoms with van der Waals surface area (Å²) in [5, 5.41) is 22.3. The van der Waals surface area contributed by atoms with Crippen molar-refractivity contribution in [3.8, 4) is 0 Å². The number of carbonyl (C=O) groups excluding carboxylic acids is 2. The van der Waals surface area contributed by atoms with E-state index < -0.39 is 11.0 Å². The number of aromatic nitrogens is 1. The molecule has 5 fully saturated rings. The van der Waals surface area contributed by atoms with Crippen LogP contribution in [0.4, 0.5) is 5.82 Å². The van der Waals surface area contributed by atoms with Crippen molar-refractivity contribution in [1.29, 1.82) is 0 Å². The summed E-state index contributed by atoms with van der Waals surface area (Å²) in [7, 11) is 0. The topological polar surface area (TPSA) is 94.0 Å². The van der Waals surface area contributed by atoms with Crippen LogP contribution in [0.1, 0.15) is 65.2 Å². The summed E-state index contributed by atoms with van der Waals surface area (Å²) < 4.78 is 0. The molecule has 5 aliphatic rings. The average molecular weight is 510 g/mol. The van der Waals surface area contributed by atoms with Crippen LogP contribution < -0.4 is 4.90 Å². The molecule has 0 radical (unpaired) electrons. The lowest BCUT2D eigenvalue weighted by Crippen LogP contribution is -2.63. The second-order valence-electron chi connectivity index (χ2n) is 13.3. The average Bonchev–Trinajstić information content (AvgIpc) is 3.16. The van der Waals surface area contributed by atoms with Gasteiger partial charge in [0.2, 0.25) is 0 Å². The zero-order chi connectivity index (χ0) is 26.0. The Bertz CT molecular complexity index is 1040. The van der Waals surface area contributed by atoms with Gasteiger partial charge in [0.1, 0.15) is 17.2 Å². The van der Waals surface area contributed by atoms with E-state index in [1.807, 2.05) is 25.1 Å². The number of nitrogens with zero attached hydrogens (tertiary/aromatic N) is 3. The summed E-state index contributed by atoms with van der Waals surface area (Å²) >= 11 is 0. The van der Waals surface area contributed by atoms with Gasteiger partial charge in [-0.25, -0.2) is 4.98 Å². The zero-order valence-corrected chi connectivity index (χ0v) is 22.4. The number of hydrogen-bond donors (Lipinski definition) is 2. The van der Waals surface area contributed by atoms with Crippen LogP contribution in [0.3, 0.4) is 0 Å². The number of Topliss-reactive ketones (excluding diaryl/α,β-unsaturated/α-hetero) is 2. The quantitative estimate of drug-likeness (QED) is 0.644. The molecule has 6 rings (SSSR count). The number of rotatable bonds is 4. The standard InChI is InChI=1S/C30H43N3O4/c1-28-10-8-21(34)17-20(28)6-7-22-23-9-11-30(37,29(23,2)18-24(35)27(22)28)25(36)19-32-13-15-33(16-14-32)26-5-3-4-12-31-26/h3-5,12,20-23,27,34,37H,6-11,13-19H2,1-2H3/t20?,21?,22-,23-,27+,28-,29-,30-/m0/s1. The minimum atomic E-state index is -1.43. The van der Waals surface area contributed by atoms with Crippen molar-refractivity contribution >= 4 is 17.4 Å². The highest BCUT2D eigenvalue weighted by atomic mass is 16.3. The van der Waals surface area contributed by atoms with Gasteiger partial charge in [-0.15, -0.1) is 0 Å². The van der Waals surface area contributed by atoms with Crippen molar-refractivity contribution in [2.45, 2.75) is 76.9 Å². The molecule has 1 aromatic rings. The van der Waals surface area contributed by atoms with Crippen LogP contribution in [0.5, 0.6) is 0 Å². The summed E-state index contributed by atoms with van der Waals surface area (Å²) in [5.41, 5.74) is -2.18. The molecule has 2 N–H and O–H groups in total. The first-order valence-corrected chi connectivity index (χ1v) is 14.5. The third kappa shape index (κ3) is 3.90. The number of pyridine rings is 1. The lowest BCUT2D eigenvalue weighted by Gasteiger charge is -2.60. The molecule has 0 amide bonds. The Morgan fingerprint density at radius 1 is 1.08 bits per heavy atom. The third-order valence-electron chi connectivity index (χ3n) is 11.7. The molecule has 1 aromatic heterocycles. The van der Waals surface area contributed by atoms with E-state index in [-0.39, 0.29) is 47.4 Å². The molecule has 8 atom stereocenters. The van der Waals surface area contributed by atoms with E-state index in [1.165, 1.54) is 0 Å². The summed E-state index contributed by atoms with van der Waals surface area (Å²) in [6, 6.07) is 5.92. The maximum absolute atomic E-state index is 13.9. The molecule has 2 unspecified atom stereocenters. The van der Waals surface area contributed by atoms with E-state index in [1.54, 1.807) is 6.20 Å². The van der Waals surface area contributed by atoms with Crippen LogP contribution in [0.2, 0.25) is 0 Å². The number of carbonyl (C=O) groups is 2. The molecule has 4 saturated carbocycles. The highest BCUT2D eigenvalue weighted by molar-refractivity contribution is 5.93. The van der Waals surface area contributed by atoms with E-state index in [0.717, 1.165) is 70.5 Å². The summed E-state index contributed by atoms with van der Waals surface area (Å²) in [5.74, 6) is 1.97. The van der Waals surface area contributed by atoms with Gasteiger partial charge in [0.25, 0.3) is 0 Å². The number of ketones is 2. The first-order valence-electron chi connectivity index (χ1n) is 14.5. The highest BCUT2D eigenvalue weighted by Crippen LogP contribution is 2.67. The Morgan fingerprint density at radius 2 is 1.86 bits per heavy atom. The molecule has 202 valence electrons. The summed E-state index contributed by atoms with van der Waals surface area (Å²) in [4.78, 5) is 36.5. The molecular formula is C30H43N3O4. The Kier molecular flexibility index (Phi) is 6.28. The van der Waals surface area contributed by atoms with Crippen molar-refractivity contribution < 1.29 is 19.8 Å². The van der Waals surface area contributed by atoms with Crippen molar-refractivity contribution in [3.05, 3.63) is 24.4 Å². The van der Waals surface area contributed by atoms with Gasteiger partial charge < -0.3 is 15.1 Å².